The quantitative estimate of drug-likeness (QED) is 0.758. The van der Waals surface area contributed by atoms with Crippen LogP contribution in [-0.2, 0) is 4.79 Å². The lowest BCUT2D eigenvalue weighted by molar-refractivity contribution is -0.138. The molecule has 0 radical (unpaired) electrons. The molecule has 1 aliphatic heterocycles. The van der Waals surface area contributed by atoms with Crippen LogP contribution in [0.25, 0.3) is 0 Å². The molecule has 2 amide bonds. The fourth-order valence-electron chi connectivity index (χ4n) is 2.64. The molecule has 1 atom stereocenters. The summed E-state index contributed by atoms with van der Waals surface area (Å²) in [6, 6.07) is -0.0572. The first-order valence-electron chi connectivity index (χ1n) is 7.26. The van der Waals surface area contributed by atoms with Crippen molar-refractivity contribution in [3.8, 4) is 0 Å². The number of nitrogens with zero attached hydrogens (tertiary/aromatic N) is 1. The Hall–Kier alpha value is -0.910. The van der Waals surface area contributed by atoms with E-state index in [1.54, 1.807) is 16.7 Å². The number of aliphatic carboxylic acids is 1. The van der Waals surface area contributed by atoms with Gasteiger partial charge in [-0.05, 0) is 31.4 Å². The van der Waals surface area contributed by atoms with E-state index in [1.807, 2.05) is 0 Å². The molecule has 0 spiro atoms. The highest BCUT2D eigenvalue weighted by Crippen LogP contribution is 2.29. The highest BCUT2D eigenvalue weighted by Gasteiger charge is 2.30. The summed E-state index contributed by atoms with van der Waals surface area (Å²) in [6.07, 6.45) is 5.06. The second-order valence-electron chi connectivity index (χ2n) is 5.45. The van der Waals surface area contributed by atoms with Crippen LogP contribution in [0.15, 0.2) is 0 Å². The van der Waals surface area contributed by atoms with Crippen LogP contribution in [0.4, 0.5) is 4.79 Å². The van der Waals surface area contributed by atoms with Crippen molar-refractivity contribution in [2.45, 2.75) is 44.3 Å². The van der Waals surface area contributed by atoms with E-state index < -0.39 is 5.97 Å². The number of carboxylic acid groups (broad SMARTS) is 1. The van der Waals surface area contributed by atoms with Crippen LogP contribution in [-0.4, -0.2) is 52.6 Å². The number of thioether (sulfide) groups is 1. The summed E-state index contributed by atoms with van der Waals surface area (Å²) in [5.74, 6) is -0.684. The van der Waals surface area contributed by atoms with Crippen molar-refractivity contribution < 1.29 is 14.7 Å². The van der Waals surface area contributed by atoms with Gasteiger partial charge in [0.25, 0.3) is 0 Å². The summed E-state index contributed by atoms with van der Waals surface area (Å²) in [5, 5.41) is 11.8. The standard InChI is InChI=1S/C14H26N2O3S/c1-4-14(5-2,20-3)10-15-13(19)16-7-6-11(9-16)8-12(17)18/h11H,4-10H2,1-3H3,(H,15,19)(H,17,18). The van der Waals surface area contributed by atoms with Gasteiger partial charge in [-0.1, -0.05) is 13.8 Å². The maximum absolute atomic E-state index is 12.1. The summed E-state index contributed by atoms with van der Waals surface area (Å²) in [6.45, 7) is 6.17. The minimum Gasteiger partial charge on any atom is -0.481 e. The molecule has 5 nitrogen and oxygen atoms in total. The van der Waals surface area contributed by atoms with Crippen LogP contribution in [0, 0.1) is 5.92 Å². The van der Waals surface area contributed by atoms with E-state index in [1.165, 1.54) is 0 Å². The molecule has 20 heavy (non-hydrogen) atoms. The predicted octanol–water partition coefficient (Wildman–Crippen LogP) is 2.41. The van der Waals surface area contributed by atoms with E-state index in [0.29, 0.717) is 19.6 Å². The third-order valence-electron chi connectivity index (χ3n) is 4.32. The Kier molecular flexibility index (Phi) is 6.65. The molecule has 1 saturated heterocycles. The maximum atomic E-state index is 12.1. The topological polar surface area (TPSA) is 69.6 Å². The molecule has 2 N–H and O–H groups in total. The lowest BCUT2D eigenvalue weighted by atomic mass is 10.0. The first kappa shape index (κ1) is 17.1. The van der Waals surface area contributed by atoms with Crippen LogP contribution < -0.4 is 5.32 Å². The zero-order valence-corrected chi connectivity index (χ0v) is 13.5. The van der Waals surface area contributed by atoms with E-state index in [9.17, 15) is 9.59 Å². The molecule has 0 aromatic rings. The first-order chi connectivity index (χ1) is 9.46. The van der Waals surface area contributed by atoms with Gasteiger partial charge < -0.3 is 15.3 Å². The average Bonchev–Trinajstić information content (AvgIpc) is 2.88. The van der Waals surface area contributed by atoms with Crippen molar-refractivity contribution in [3.63, 3.8) is 0 Å². The normalized spacial score (nSPS) is 19.1. The van der Waals surface area contributed by atoms with E-state index in [4.69, 9.17) is 5.11 Å². The van der Waals surface area contributed by atoms with Gasteiger partial charge in [-0.3, -0.25) is 4.79 Å². The number of hydrogen-bond donors (Lipinski definition) is 2. The molecule has 0 bridgehead atoms. The minimum absolute atomic E-state index is 0.0572. The number of carbonyl (C=O) groups excluding carboxylic acids is 1. The monoisotopic (exact) mass is 302 g/mol. The lowest BCUT2D eigenvalue weighted by Gasteiger charge is -2.30. The van der Waals surface area contributed by atoms with Crippen LogP contribution in [0.2, 0.25) is 0 Å². The van der Waals surface area contributed by atoms with E-state index in [-0.39, 0.29) is 23.1 Å². The van der Waals surface area contributed by atoms with Gasteiger partial charge in [0.05, 0.1) is 0 Å². The first-order valence-corrected chi connectivity index (χ1v) is 8.48. The highest BCUT2D eigenvalue weighted by atomic mass is 32.2. The second-order valence-corrected chi connectivity index (χ2v) is 6.73. The summed E-state index contributed by atoms with van der Waals surface area (Å²) in [4.78, 5) is 24.6. The van der Waals surface area contributed by atoms with Crippen LogP contribution in [0.3, 0.4) is 0 Å². The van der Waals surface area contributed by atoms with Gasteiger partial charge in [-0.2, -0.15) is 11.8 Å². The molecule has 0 saturated carbocycles. The number of hydrogen-bond acceptors (Lipinski definition) is 3. The number of rotatable bonds is 7. The van der Waals surface area contributed by atoms with E-state index in [0.717, 1.165) is 19.3 Å². The van der Waals surface area contributed by atoms with E-state index in [2.05, 4.69) is 25.4 Å². The Morgan fingerprint density at radius 2 is 2.05 bits per heavy atom. The van der Waals surface area contributed by atoms with Gasteiger partial charge in [-0.25, -0.2) is 4.79 Å². The Balaban J connectivity index is 2.42. The van der Waals surface area contributed by atoms with Crippen molar-refractivity contribution in [1.82, 2.24) is 10.2 Å². The van der Waals surface area contributed by atoms with Crippen molar-refractivity contribution in [2.75, 3.05) is 25.9 Å². The summed E-state index contributed by atoms with van der Waals surface area (Å²) >= 11 is 1.80. The zero-order chi connectivity index (χ0) is 15.2. The van der Waals surface area contributed by atoms with Gasteiger partial charge >= 0.3 is 12.0 Å². The highest BCUT2D eigenvalue weighted by molar-refractivity contribution is 8.00. The third kappa shape index (κ3) is 4.58. The number of nitrogens with one attached hydrogen (secondary N) is 1. The van der Waals surface area contributed by atoms with Crippen molar-refractivity contribution in [2.24, 2.45) is 5.92 Å². The molecule has 6 heteroatoms. The van der Waals surface area contributed by atoms with E-state index >= 15 is 0 Å². The Bertz CT molecular complexity index is 337. The molecule has 116 valence electrons. The number of likely N-dealkylation sites (tertiary alicyclic amines) is 1. The predicted molar refractivity (Wildman–Crippen MR) is 82.2 cm³/mol. The molecular formula is C14H26N2O3S. The fraction of sp³-hybridized carbons (Fsp3) is 0.857. The molecule has 1 rings (SSSR count). The third-order valence-corrected chi connectivity index (χ3v) is 5.91. The number of carboxylic acids is 1. The van der Waals surface area contributed by atoms with Gasteiger partial charge in [0, 0.05) is 30.8 Å². The molecular weight excluding hydrogens is 276 g/mol. The van der Waals surface area contributed by atoms with Crippen LogP contribution in [0.1, 0.15) is 39.5 Å². The maximum Gasteiger partial charge on any atom is 0.317 e. The van der Waals surface area contributed by atoms with Crippen molar-refractivity contribution >= 4 is 23.8 Å². The lowest BCUT2D eigenvalue weighted by Crippen LogP contribution is -2.45. The smallest absolute Gasteiger partial charge is 0.317 e. The Labute approximate surface area is 125 Å². The number of urea groups is 1. The molecule has 0 aliphatic carbocycles. The molecule has 1 aliphatic rings. The minimum atomic E-state index is -0.782. The van der Waals surface area contributed by atoms with Crippen LogP contribution >= 0.6 is 11.8 Å². The molecule has 1 fully saturated rings. The van der Waals surface area contributed by atoms with Crippen molar-refractivity contribution in [1.29, 1.82) is 0 Å². The zero-order valence-electron chi connectivity index (χ0n) is 12.6. The SMILES string of the molecule is CCC(CC)(CNC(=O)N1CCC(CC(=O)O)C1)SC. The van der Waals surface area contributed by atoms with Gasteiger partial charge in [0.15, 0.2) is 0 Å². The van der Waals surface area contributed by atoms with Crippen LogP contribution in [0.5, 0.6) is 0 Å². The Morgan fingerprint density at radius 3 is 2.55 bits per heavy atom. The van der Waals surface area contributed by atoms with Gasteiger partial charge in [-0.15, -0.1) is 0 Å². The van der Waals surface area contributed by atoms with Gasteiger partial charge in [0.2, 0.25) is 0 Å². The summed E-state index contributed by atoms with van der Waals surface area (Å²) < 4.78 is 0.107. The molecule has 0 aromatic heterocycles. The average molecular weight is 302 g/mol. The molecule has 1 unspecified atom stereocenters. The molecule has 1 heterocycles. The summed E-state index contributed by atoms with van der Waals surface area (Å²) in [5.41, 5.74) is 0. The number of carbonyl (C=O) groups is 2. The molecule has 0 aromatic carbocycles. The van der Waals surface area contributed by atoms with Crippen molar-refractivity contribution in [3.05, 3.63) is 0 Å². The second kappa shape index (κ2) is 7.76. The van der Waals surface area contributed by atoms with Gasteiger partial charge in [0.1, 0.15) is 0 Å². The largest absolute Gasteiger partial charge is 0.481 e. The fourth-order valence-corrected chi connectivity index (χ4v) is 3.43. The Morgan fingerprint density at radius 1 is 1.40 bits per heavy atom. The summed E-state index contributed by atoms with van der Waals surface area (Å²) in [7, 11) is 0. The number of amides is 2.